The lowest BCUT2D eigenvalue weighted by Crippen LogP contribution is -2.49. The van der Waals surface area contributed by atoms with Gasteiger partial charge in [-0.3, -0.25) is 9.80 Å². The first-order valence-electron chi connectivity index (χ1n) is 13.9. The van der Waals surface area contributed by atoms with Crippen LogP contribution in [0.15, 0.2) is 64.7 Å². The molecule has 10 heteroatoms. The zero-order valence-electron chi connectivity index (χ0n) is 24.0. The quantitative estimate of drug-likeness (QED) is 0.483. The number of aryl methyl sites for hydroxylation is 1. The van der Waals surface area contributed by atoms with Gasteiger partial charge in [0, 0.05) is 38.9 Å². The number of nitrogens with zero attached hydrogens (tertiary/aromatic N) is 3. The maximum Gasteiger partial charge on any atom is 0.338 e. The van der Waals surface area contributed by atoms with Gasteiger partial charge in [0.2, 0.25) is 10.0 Å². The SMILES string of the molecule is CCOC(=O)C1=C(CN2CCCN(S(=O)(=O)c3ccc(C)cc3)CC2)N(C)C(=O)N[C@H]1c1ccc(C(C)C)cc1. The molecule has 1 N–H and O–H groups in total. The van der Waals surface area contributed by atoms with Crippen molar-refractivity contribution in [2.75, 3.05) is 46.4 Å². The third-order valence-corrected chi connectivity index (χ3v) is 9.50. The number of hydrogen-bond donors (Lipinski definition) is 1. The van der Waals surface area contributed by atoms with Crippen LogP contribution in [0.4, 0.5) is 4.79 Å². The third-order valence-electron chi connectivity index (χ3n) is 7.59. The summed E-state index contributed by atoms with van der Waals surface area (Å²) in [7, 11) is -1.97. The number of rotatable bonds is 8. The third kappa shape index (κ3) is 6.40. The topological polar surface area (TPSA) is 99.3 Å². The van der Waals surface area contributed by atoms with Crippen molar-refractivity contribution in [1.29, 1.82) is 0 Å². The Labute approximate surface area is 237 Å². The van der Waals surface area contributed by atoms with E-state index in [-0.39, 0.29) is 17.5 Å². The van der Waals surface area contributed by atoms with Crippen molar-refractivity contribution in [2.24, 2.45) is 0 Å². The van der Waals surface area contributed by atoms with Gasteiger partial charge in [0.15, 0.2) is 0 Å². The molecule has 0 radical (unpaired) electrons. The normalized spacial score (nSPS) is 19.5. The number of esters is 1. The maximum atomic E-state index is 13.3. The van der Waals surface area contributed by atoms with E-state index in [1.165, 1.54) is 14.8 Å². The first kappa shape index (κ1) is 29.8. The highest BCUT2D eigenvalue weighted by Gasteiger charge is 2.38. The summed E-state index contributed by atoms with van der Waals surface area (Å²) in [5, 5.41) is 2.97. The van der Waals surface area contributed by atoms with Gasteiger partial charge in [0.1, 0.15) is 0 Å². The molecule has 1 saturated heterocycles. The van der Waals surface area contributed by atoms with Crippen LogP contribution in [0, 0.1) is 6.92 Å². The second-order valence-corrected chi connectivity index (χ2v) is 12.6. The van der Waals surface area contributed by atoms with E-state index in [9.17, 15) is 18.0 Å². The van der Waals surface area contributed by atoms with E-state index in [1.807, 2.05) is 31.2 Å². The van der Waals surface area contributed by atoms with Crippen molar-refractivity contribution < 1.29 is 22.7 Å². The van der Waals surface area contributed by atoms with Crippen LogP contribution in [0.3, 0.4) is 0 Å². The zero-order chi connectivity index (χ0) is 29.0. The molecule has 2 aromatic carbocycles. The predicted molar refractivity (Wildman–Crippen MR) is 154 cm³/mol. The minimum Gasteiger partial charge on any atom is -0.463 e. The molecule has 0 saturated carbocycles. The summed E-state index contributed by atoms with van der Waals surface area (Å²) in [6.45, 7) is 10.2. The van der Waals surface area contributed by atoms with Crippen molar-refractivity contribution in [2.45, 2.75) is 51.0 Å². The van der Waals surface area contributed by atoms with E-state index < -0.39 is 22.0 Å². The lowest BCUT2D eigenvalue weighted by atomic mass is 9.92. The fraction of sp³-hybridized carbons (Fsp3) is 0.467. The molecular formula is C30H40N4O5S. The fourth-order valence-corrected chi connectivity index (χ4v) is 6.61. The molecule has 0 bridgehead atoms. The van der Waals surface area contributed by atoms with Crippen molar-refractivity contribution in [1.82, 2.24) is 19.4 Å². The predicted octanol–water partition coefficient (Wildman–Crippen LogP) is 4.03. The monoisotopic (exact) mass is 568 g/mol. The highest BCUT2D eigenvalue weighted by atomic mass is 32.2. The van der Waals surface area contributed by atoms with E-state index >= 15 is 0 Å². The van der Waals surface area contributed by atoms with Gasteiger partial charge >= 0.3 is 12.0 Å². The molecule has 0 unspecified atom stereocenters. The first-order valence-corrected chi connectivity index (χ1v) is 15.3. The number of likely N-dealkylation sites (N-methyl/N-ethyl adjacent to an activating group) is 1. The van der Waals surface area contributed by atoms with E-state index in [2.05, 4.69) is 24.1 Å². The number of ether oxygens (including phenoxy) is 1. The summed E-state index contributed by atoms with van der Waals surface area (Å²) in [6.07, 6.45) is 0.628. The van der Waals surface area contributed by atoms with Crippen LogP contribution < -0.4 is 5.32 Å². The van der Waals surface area contributed by atoms with Gasteiger partial charge in [-0.05, 0) is 56.0 Å². The Morgan fingerprint density at radius 2 is 1.70 bits per heavy atom. The van der Waals surface area contributed by atoms with Gasteiger partial charge in [-0.2, -0.15) is 4.31 Å². The van der Waals surface area contributed by atoms with Crippen LogP contribution >= 0.6 is 0 Å². The number of carbonyl (C=O) groups excluding carboxylic acids is 2. The summed E-state index contributed by atoms with van der Waals surface area (Å²) >= 11 is 0. The molecule has 2 aliphatic rings. The Morgan fingerprint density at radius 1 is 1.02 bits per heavy atom. The van der Waals surface area contributed by atoms with E-state index in [4.69, 9.17) is 4.74 Å². The second kappa shape index (κ2) is 12.5. The molecule has 2 heterocycles. The van der Waals surface area contributed by atoms with Crippen LogP contribution in [0.25, 0.3) is 0 Å². The van der Waals surface area contributed by atoms with E-state index in [0.717, 1.165) is 11.1 Å². The van der Waals surface area contributed by atoms with E-state index in [1.54, 1.807) is 38.2 Å². The van der Waals surface area contributed by atoms with Gasteiger partial charge in [-0.1, -0.05) is 55.8 Å². The van der Waals surface area contributed by atoms with Gasteiger partial charge in [0.05, 0.1) is 23.1 Å². The lowest BCUT2D eigenvalue weighted by Gasteiger charge is -2.36. The highest BCUT2D eigenvalue weighted by molar-refractivity contribution is 7.89. The molecular weight excluding hydrogens is 528 g/mol. The number of urea groups is 1. The van der Waals surface area contributed by atoms with Gasteiger partial charge in [0.25, 0.3) is 0 Å². The molecule has 1 fully saturated rings. The van der Waals surface area contributed by atoms with Gasteiger partial charge < -0.3 is 10.1 Å². The largest absolute Gasteiger partial charge is 0.463 e. The number of amides is 2. The van der Waals surface area contributed by atoms with E-state index in [0.29, 0.717) is 56.3 Å². The molecule has 9 nitrogen and oxygen atoms in total. The summed E-state index contributed by atoms with van der Waals surface area (Å²) < 4.78 is 33.6. The Balaban J connectivity index is 1.61. The number of sulfonamides is 1. The molecule has 40 heavy (non-hydrogen) atoms. The number of benzene rings is 2. The maximum absolute atomic E-state index is 13.3. The van der Waals surface area contributed by atoms with Crippen molar-refractivity contribution in [3.63, 3.8) is 0 Å². The first-order chi connectivity index (χ1) is 19.0. The molecule has 4 rings (SSSR count). The van der Waals surface area contributed by atoms with Crippen molar-refractivity contribution in [3.8, 4) is 0 Å². The standard InChI is InChI=1S/C30H40N4O5S/c1-6-39-29(35)27-26(32(5)30(36)31-28(27)24-12-10-23(11-13-24)21(2)3)20-33-16-7-17-34(19-18-33)40(37,38)25-14-8-22(4)9-15-25/h8-15,21,28H,6-7,16-20H2,1-5H3,(H,31,36)/t28-/m0/s1. The molecule has 1 atom stereocenters. The van der Waals surface area contributed by atoms with Crippen LogP contribution in [-0.2, 0) is 19.6 Å². The smallest absolute Gasteiger partial charge is 0.338 e. The Morgan fingerprint density at radius 3 is 2.33 bits per heavy atom. The molecule has 216 valence electrons. The number of nitrogens with one attached hydrogen (secondary N) is 1. The zero-order valence-corrected chi connectivity index (χ0v) is 24.8. The summed E-state index contributed by atoms with van der Waals surface area (Å²) in [5.74, 6) is -0.116. The molecule has 2 aliphatic heterocycles. The lowest BCUT2D eigenvalue weighted by molar-refractivity contribution is -0.139. The van der Waals surface area contributed by atoms with Crippen LogP contribution in [0.1, 0.15) is 55.8 Å². The van der Waals surface area contributed by atoms with Crippen LogP contribution in [-0.4, -0.2) is 80.9 Å². The van der Waals surface area contributed by atoms with Crippen molar-refractivity contribution in [3.05, 3.63) is 76.5 Å². The molecule has 0 aliphatic carbocycles. The molecule has 0 spiro atoms. The minimum atomic E-state index is -3.62. The summed E-state index contributed by atoms with van der Waals surface area (Å²) in [6, 6.07) is 13.9. The van der Waals surface area contributed by atoms with Crippen LogP contribution in [0.2, 0.25) is 0 Å². The average molecular weight is 569 g/mol. The van der Waals surface area contributed by atoms with Gasteiger partial charge in [-0.15, -0.1) is 0 Å². The molecule has 2 amide bonds. The van der Waals surface area contributed by atoms with Crippen LogP contribution in [0.5, 0.6) is 0 Å². The average Bonchev–Trinajstić information content (AvgIpc) is 3.17. The minimum absolute atomic E-state index is 0.210. The molecule has 2 aromatic rings. The second-order valence-electron chi connectivity index (χ2n) is 10.7. The summed E-state index contributed by atoms with van der Waals surface area (Å²) in [4.78, 5) is 30.3. The summed E-state index contributed by atoms with van der Waals surface area (Å²) in [5.41, 5.74) is 3.93. The Kier molecular flexibility index (Phi) is 9.33. The van der Waals surface area contributed by atoms with Crippen molar-refractivity contribution >= 4 is 22.0 Å². The number of hydrogen-bond acceptors (Lipinski definition) is 6. The Bertz CT molecular complexity index is 1350. The number of carbonyl (C=O) groups is 2. The fourth-order valence-electron chi connectivity index (χ4n) is 5.14. The Hall–Kier alpha value is -3.21. The van der Waals surface area contributed by atoms with Gasteiger partial charge in [-0.25, -0.2) is 18.0 Å². The highest BCUT2D eigenvalue weighted by Crippen LogP contribution is 2.32. The molecule has 0 aromatic heterocycles.